The van der Waals surface area contributed by atoms with E-state index in [1.165, 1.54) is 38.5 Å². The van der Waals surface area contributed by atoms with Gasteiger partial charge in [-0.15, -0.1) is 0 Å². The smallest absolute Gasteiger partial charge is 0.265 e. The molecule has 1 N–H and O–H groups in total. The first-order valence-corrected chi connectivity index (χ1v) is 6.97. The van der Waals surface area contributed by atoms with Crippen LogP contribution in [0.25, 0.3) is 0 Å². The van der Waals surface area contributed by atoms with Crippen LogP contribution in [0.15, 0.2) is 16.2 Å². The molecule has 0 bridgehead atoms. The van der Waals surface area contributed by atoms with Crippen molar-refractivity contribution >= 4 is 10.7 Å². The number of aromatic amines is 1. The Bertz CT molecular complexity index is 289. The molecule has 1 aromatic rings. The van der Waals surface area contributed by atoms with Crippen LogP contribution in [-0.4, -0.2) is 4.37 Å². The van der Waals surface area contributed by atoms with Crippen LogP contribution in [-0.2, 0) is 5.75 Å². The van der Waals surface area contributed by atoms with E-state index in [0.29, 0.717) is 0 Å². The van der Waals surface area contributed by atoms with Crippen molar-refractivity contribution in [1.29, 1.82) is 0 Å². The van der Waals surface area contributed by atoms with Gasteiger partial charge in [-0.1, -0.05) is 32.6 Å². The highest BCUT2D eigenvalue weighted by Gasteiger charge is 2.03. The monoisotopic (exact) mass is 214 g/mol. The van der Waals surface area contributed by atoms with E-state index in [4.69, 9.17) is 0 Å². The molecule has 2 nitrogen and oxygen atoms in total. The number of rotatable bonds is 7. The zero-order chi connectivity index (χ0) is 10.2. The van der Waals surface area contributed by atoms with E-state index in [9.17, 15) is 4.79 Å². The van der Waals surface area contributed by atoms with Crippen LogP contribution >= 0.6 is 10.7 Å². The summed E-state index contributed by atoms with van der Waals surface area (Å²) in [6, 6.07) is 1.65. The first kappa shape index (κ1) is 11.5. The van der Waals surface area contributed by atoms with E-state index in [-0.39, 0.29) is 16.2 Å². The van der Waals surface area contributed by atoms with Crippen molar-refractivity contribution in [2.75, 3.05) is 0 Å². The number of aromatic nitrogens is 1. The molecule has 0 aliphatic carbocycles. The van der Waals surface area contributed by atoms with Crippen molar-refractivity contribution in [2.45, 2.75) is 51.2 Å². The minimum absolute atomic E-state index is 0.0553. The molecule has 14 heavy (non-hydrogen) atoms. The van der Waals surface area contributed by atoms with Crippen LogP contribution in [0.4, 0.5) is 0 Å². The highest BCUT2D eigenvalue weighted by Crippen LogP contribution is 2.15. The van der Waals surface area contributed by atoms with Gasteiger partial charge in [0, 0.05) is 0 Å². The average Bonchev–Trinajstić information content (AvgIpc) is 2.58. The zero-order valence-corrected chi connectivity index (χ0v) is 9.74. The van der Waals surface area contributed by atoms with Crippen LogP contribution in [0.2, 0.25) is 0 Å². The quantitative estimate of drug-likeness (QED) is 0.547. The molecular formula is C11H20NOS+. The molecule has 0 saturated heterocycles. The lowest BCUT2D eigenvalue weighted by atomic mass is 10.1. The topological polar surface area (TPSA) is 32.9 Å². The number of nitrogens with one attached hydrogen (secondary N) is 1. The second-order valence-corrected chi connectivity index (χ2v) is 5.41. The highest BCUT2D eigenvalue weighted by molar-refractivity contribution is 7.23. The van der Waals surface area contributed by atoms with Gasteiger partial charge in [-0.3, -0.25) is 4.79 Å². The van der Waals surface area contributed by atoms with E-state index in [0.717, 1.165) is 5.75 Å². The minimum Gasteiger partial charge on any atom is -0.265 e. The van der Waals surface area contributed by atoms with Gasteiger partial charge in [-0.05, 0) is 12.8 Å². The summed E-state index contributed by atoms with van der Waals surface area (Å²) in [5.74, 6) is 1.13. The number of H-pyrrole nitrogens is 1. The predicted molar refractivity (Wildman–Crippen MR) is 62.9 cm³/mol. The van der Waals surface area contributed by atoms with E-state index >= 15 is 0 Å². The lowest BCUT2D eigenvalue weighted by molar-refractivity contribution is 0.618. The third kappa shape index (κ3) is 4.61. The van der Waals surface area contributed by atoms with Crippen LogP contribution in [0.5, 0.6) is 0 Å². The molecule has 0 aliphatic heterocycles. The zero-order valence-electron chi connectivity index (χ0n) is 8.92. The highest BCUT2D eigenvalue weighted by atomic mass is 32.2. The summed E-state index contributed by atoms with van der Waals surface area (Å²) in [4.78, 5) is 10.8. The fraction of sp³-hybridized carbons (Fsp3) is 0.727. The Morgan fingerprint density at radius 2 is 1.93 bits per heavy atom. The van der Waals surface area contributed by atoms with Gasteiger partial charge in [0.05, 0.1) is 16.7 Å². The van der Waals surface area contributed by atoms with Gasteiger partial charge in [0.1, 0.15) is 5.75 Å². The summed E-state index contributed by atoms with van der Waals surface area (Å²) in [5, 5.41) is 2.01. The van der Waals surface area contributed by atoms with E-state index < -0.39 is 0 Å². The molecule has 0 spiro atoms. The van der Waals surface area contributed by atoms with Crippen LogP contribution in [0.3, 0.4) is 0 Å². The summed E-state index contributed by atoms with van der Waals surface area (Å²) < 4.78 is 2.93. The summed E-state index contributed by atoms with van der Waals surface area (Å²) in [5.41, 5.74) is 0.0827. The molecule has 1 unspecified atom stereocenters. The predicted octanol–water partition coefficient (Wildman–Crippen LogP) is 3.48. The SMILES string of the molecule is CCCCCCCC[s+]1ccc(=O)[nH]1. The molecule has 0 amide bonds. The van der Waals surface area contributed by atoms with Crippen LogP contribution < -0.4 is 5.56 Å². The summed E-state index contributed by atoms with van der Waals surface area (Å²) in [7, 11) is 0.0553. The molecule has 0 aromatic carbocycles. The van der Waals surface area contributed by atoms with Gasteiger partial charge in [0.25, 0.3) is 5.56 Å². The second kappa shape index (κ2) is 6.82. The number of aryl methyl sites for hydroxylation is 1. The Balaban J connectivity index is 2.02. The van der Waals surface area contributed by atoms with Crippen molar-refractivity contribution in [1.82, 2.24) is 4.37 Å². The van der Waals surface area contributed by atoms with Crippen molar-refractivity contribution in [2.24, 2.45) is 0 Å². The van der Waals surface area contributed by atoms with Gasteiger partial charge in [-0.2, -0.15) is 4.37 Å². The normalized spacial score (nSPS) is 11.9. The molecule has 1 rings (SSSR count). The lowest BCUT2D eigenvalue weighted by Crippen LogP contribution is -1.93. The first-order chi connectivity index (χ1) is 6.83. The number of hydrogen-bond acceptors (Lipinski definition) is 1. The third-order valence-electron chi connectivity index (χ3n) is 2.33. The largest absolute Gasteiger partial charge is 0.293 e. The van der Waals surface area contributed by atoms with Crippen molar-refractivity contribution in [3.05, 3.63) is 21.8 Å². The minimum atomic E-state index is 0.0553. The first-order valence-electron chi connectivity index (χ1n) is 5.51. The second-order valence-electron chi connectivity index (χ2n) is 3.67. The average molecular weight is 214 g/mol. The molecule has 3 heteroatoms. The van der Waals surface area contributed by atoms with Gasteiger partial charge in [-0.25, -0.2) is 0 Å². The Morgan fingerprint density at radius 1 is 1.21 bits per heavy atom. The fourth-order valence-electron chi connectivity index (χ4n) is 1.50. The lowest BCUT2D eigenvalue weighted by Gasteiger charge is -1.95. The Labute approximate surface area is 88.5 Å². The summed E-state index contributed by atoms with van der Waals surface area (Å²) >= 11 is 0. The molecule has 0 saturated carbocycles. The van der Waals surface area contributed by atoms with E-state index in [2.05, 4.69) is 11.3 Å². The van der Waals surface area contributed by atoms with Crippen molar-refractivity contribution in [3.63, 3.8) is 0 Å². The van der Waals surface area contributed by atoms with Crippen molar-refractivity contribution < 1.29 is 0 Å². The fourth-order valence-corrected chi connectivity index (χ4v) is 2.93. The molecule has 1 aromatic heterocycles. The third-order valence-corrected chi connectivity index (χ3v) is 3.99. The molecule has 0 radical (unpaired) electrons. The molecular weight excluding hydrogens is 194 g/mol. The maximum atomic E-state index is 10.8. The Morgan fingerprint density at radius 3 is 2.57 bits per heavy atom. The van der Waals surface area contributed by atoms with Crippen molar-refractivity contribution in [3.8, 4) is 0 Å². The van der Waals surface area contributed by atoms with Gasteiger partial charge >= 0.3 is 0 Å². The van der Waals surface area contributed by atoms with E-state index in [1.807, 2.05) is 5.38 Å². The molecule has 1 heterocycles. The number of unbranched alkanes of at least 4 members (excludes halogenated alkanes) is 5. The van der Waals surface area contributed by atoms with E-state index in [1.54, 1.807) is 6.07 Å². The molecule has 80 valence electrons. The summed E-state index contributed by atoms with van der Waals surface area (Å²) in [6.07, 6.45) is 7.95. The molecule has 1 atom stereocenters. The van der Waals surface area contributed by atoms with Gasteiger partial charge in [0.15, 0.2) is 5.38 Å². The molecule has 0 aliphatic rings. The Kier molecular flexibility index (Phi) is 5.60. The maximum Gasteiger partial charge on any atom is 0.293 e. The standard InChI is InChI=1S/C11H19NOS/c1-2-3-4-5-6-7-9-14-10-8-11(13)12-14/h8,10H,2-7,9H2,1H3/p+1. The van der Waals surface area contributed by atoms with Crippen LogP contribution in [0.1, 0.15) is 45.4 Å². The van der Waals surface area contributed by atoms with Gasteiger partial charge < -0.3 is 0 Å². The molecule has 0 fully saturated rings. The maximum absolute atomic E-state index is 10.8. The summed E-state index contributed by atoms with van der Waals surface area (Å²) in [6.45, 7) is 2.24. The Hall–Kier alpha value is -0.570. The van der Waals surface area contributed by atoms with Gasteiger partial charge in [0.2, 0.25) is 0 Å². The number of hydrogen-bond donors (Lipinski definition) is 1. The van der Waals surface area contributed by atoms with Crippen LogP contribution in [0, 0.1) is 0 Å².